The maximum absolute atomic E-state index is 12.4. The van der Waals surface area contributed by atoms with E-state index in [2.05, 4.69) is 4.90 Å². The van der Waals surface area contributed by atoms with E-state index >= 15 is 0 Å². The summed E-state index contributed by atoms with van der Waals surface area (Å²) in [6.45, 7) is 6.72. The molecule has 0 N–H and O–H groups in total. The molecular formula is C18H26N2O4S. The maximum atomic E-state index is 12.4. The maximum Gasteiger partial charge on any atom is 0.260 e. The first kappa shape index (κ1) is 18.2. The van der Waals surface area contributed by atoms with Crippen molar-refractivity contribution in [1.29, 1.82) is 0 Å². The summed E-state index contributed by atoms with van der Waals surface area (Å²) in [5, 5.41) is 0. The van der Waals surface area contributed by atoms with Gasteiger partial charge in [0.05, 0.1) is 11.5 Å². The lowest BCUT2D eigenvalue weighted by Crippen LogP contribution is -2.53. The van der Waals surface area contributed by atoms with Gasteiger partial charge in [-0.05, 0) is 31.4 Å². The van der Waals surface area contributed by atoms with Crippen LogP contribution in [0.5, 0.6) is 5.75 Å². The Balaban J connectivity index is 1.49. The first-order valence-electron chi connectivity index (χ1n) is 8.77. The fourth-order valence-electron chi connectivity index (χ4n) is 3.65. The van der Waals surface area contributed by atoms with E-state index in [-0.39, 0.29) is 24.3 Å². The fourth-order valence-corrected chi connectivity index (χ4v) is 5.41. The number of piperazine rings is 1. The topological polar surface area (TPSA) is 66.9 Å². The molecule has 7 heteroatoms. The van der Waals surface area contributed by atoms with E-state index in [0.29, 0.717) is 25.3 Å². The molecule has 2 fully saturated rings. The van der Waals surface area contributed by atoms with E-state index in [9.17, 15) is 13.2 Å². The molecule has 2 saturated heterocycles. The van der Waals surface area contributed by atoms with Crippen molar-refractivity contribution in [2.24, 2.45) is 0 Å². The van der Waals surface area contributed by atoms with E-state index in [0.717, 1.165) is 30.0 Å². The number of nitrogens with zero attached hydrogens (tertiary/aromatic N) is 2. The molecule has 1 atom stereocenters. The number of para-hydroxylation sites is 1. The van der Waals surface area contributed by atoms with Crippen molar-refractivity contribution in [1.82, 2.24) is 9.80 Å². The summed E-state index contributed by atoms with van der Waals surface area (Å²) in [6, 6.07) is 6.04. The Labute approximate surface area is 149 Å². The molecule has 3 rings (SSSR count). The summed E-state index contributed by atoms with van der Waals surface area (Å²) >= 11 is 0. The van der Waals surface area contributed by atoms with Crippen LogP contribution in [-0.4, -0.2) is 74.5 Å². The molecule has 0 radical (unpaired) electrons. The first-order valence-corrected chi connectivity index (χ1v) is 10.6. The van der Waals surface area contributed by atoms with Gasteiger partial charge in [0, 0.05) is 32.2 Å². The molecule has 1 aromatic rings. The van der Waals surface area contributed by atoms with Crippen molar-refractivity contribution in [2.75, 3.05) is 44.3 Å². The minimum Gasteiger partial charge on any atom is -0.483 e. The van der Waals surface area contributed by atoms with Gasteiger partial charge in [0.15, 0.2) is 16.4 Å². The molecule has 25 heavy (non-hydrogen) atoms. The van der Waals surface area contributed by atoms with Crippen molar-refractivity contribution < 1.29 is 17.9 Å². The summed E-state index contributed by atoms with van der Waals surface area (Å²) in [7, 11) is -2.86. The molecule has 0 aromatic heterocycles. The Morgan fingerprint density at radius 1 is 1.16 bits per heavy atom. The molecule has 0 unspecified atom stereocenters. The SMILES string of the molecule is Cc1cccc(C)c1OCC(=O)N1CCN([C@H]2CCS(=O)(=O)C2)CC1. The van der Waals surface area contributed by atoms with Crippen LogP contribution < -0.4 is 4.74 Å². The second-order valence-corrected chi connectivity index (χ2v) is 9.21. The highest BCUT2D eigenvalue weighted by Crippen LogP contribution is 2.23. The zero-order chi connectivity index (χ0) is 18.0. The first-order chi connectivity index (χ1) is 11.9. The van der Waals surface area contributed by atoms with E-state index in [4.69, 9.17) is 4.74 Å². The molecule has 6 nitrogen and oxygen atoms in total. The van der Waals surface area contributed by atoms with Gasteiger partial charge in [0.1, 0.15) is 5.75 Å². The number of sulfone groups is 1. The third-order valence-electron chi connectivity index (χ3n) is 5.14. The molecule has 0 spiro atoms. The molecule has 2 aliphatic heterocycles. The van der Waals surface area contributed by atoms with Crippen molar-refractivity contribution >= 4 is 15.7 Å². The summed E-state index contributed by atoms with van der Waals surface area (Å²) in [4.78, 5) is 16.4. The monoisotopic (exact) mass is 366 g/mol. The van der Waals surface area contributed by atoms with Gasteiger partial charge in [0.2, 0.25) is 0 Å². The normalized spacial score (nSPS) is 23.6. The zero-order valence-electron chi connectivity index (χ0n) is 14.9. The number of carbonyl (C=O) groups is 1. The lowest BCUT2D eigenvalue weighted by Gasteiger charge is -2.37. The lowest BCUT2D eigenvalue weighted by atomic mass is 10.1. The van der Waals surface area contributed by atoms with Crippen molar-refractivity contribution in [3.05, 3.63) is 29.3 Å². The number of carbonyl (C=O) groups excluding carboxylic acids is 1. The molecule has 0 saturated carbocycles. The fraction of sp³-hybridized carbons (Fsp3) is 0.611. The van der Waals surface area contributed by atoms with Gasteiger partial charge in [0.25, 0.3) is 5.91 Å². The van der Waals surface area contributed by atoms with Gasteiger partial charge in [-0.25, -0.2) is 8.42 Å². The summed E-state index contributed by atoms with van der Waals surface area (Å²) in [6.07, 6.45) is 0.714. The molecule has 1 amide bonds. The molecule has 0 bridgehead atoms. The molecule has 138 valence electrons. The molecule has 2 aliphatic rings. The minimum atomic E-state index is -2.86. The third kappa shape index (κ3) is 4.33. The van der Waals surface area contributed by atoms with Crippen molar-refractivity contribution in [2.45, 2.75) is 26.3 Å². The summed E-state index contributed by atoms with van der Waals surface area (Å²) in [5.41, 5.74) is 2.06. The Morgan fingerprint density at radius 2 is 1.80 bits per heavy atom. The number of amides is 1. The van der Waals surface area contributed by atoms with E-state index in [1.54, 1.807) is 0 Å². The summed E-state index contributed by atoms with van der Waals surface area (Å²) < 4.78 is 29.0. The second-order valence-electron chi connectivity index (χ2n) is 6.98. The van der Waals surface area contributed by atoms with Crippen LogP contribution in [0.15, 0.2) is 18.2 Å². The van der Waals surface area contributed by atoms with Gasteiger partial charge in [-0.15, -0.1) is 0 Å². The van der Waals surface area contributed by atoms with Gasteiger partial charge in [-0.3, -0.25) is 9.69 Å². The quantitative estimate of drug-likeness (QED) is 0.796. The van der Waals surface area contributed by atoms with E-state index < -0.39 is 9.84 Å². The van der Waals surface area contributed by atoms with Crippen molar-refractivity contribution in [3.63, 3.8) is 0 Å². The summed E-state index contributed by atoms with van der Waals surface area (Å²) in [5.74, 6) is 1.32. The van der Waals surface area contributed by atoms with Crippen LogP contribution in [0, 0.1) is 13.8 Å². The van der Waals surface area contributed by atoms with E-state index in [1.165, 1.54) is 0 Å². The number of hydrogen-bond donors (Lipinski definition) is 0. The standard InChI is InChI=1S/C18H26N2O4S/c1-14-4-3-5-15(2)18(14)24-12-17(21)20-9-7-19(8-10-20)16-6-11-25(22,23)13-16/h3-5,16H,6-13H2,1-2H3/t16-/m0/s1. The Bertz CT molecular complexity index is 719. The van der Waals surface area contributed by atoms with Crippen LogP contribution in [0.3, 0.4) is 0 Å². The molecule has 0 aliphatic carbocycles. The Hall–Kier alpha value is -1.60. The number of rotatable bonds is 4. The van der Waals surface area contributed by atoms with Gasteiger partial charge in [-0.2, -0.15) is 0 Å². The van der Waals surface area contributed by atoms with Gasteiger partial charge in [-0.1, -0.05) is 18.2 Å². The highest BCUT2D eigenvalue weighted by atomic mass is 32.2. The lowest BCUT2D eigenvalue weighted by molar-refractivity contribution is -0.135. The highest BCUT2D eigenvalue weighted by Gasteiger charge is 2.34. The number of ether oxygens (including phenoxy) is 1. The average molecular weight is 366 g/mol. The van der Waals surface area contributed by atoms with Crippen LogP contribution in [0.2, 0.25) is 0 Å². The zero-order valence-corrected chi connectivity index (χ0v) is 15.7. The van der Waals surface area contributed by atoms with E-state index in [1.807, 2.05) is 36.9 Å². The van der Waals surface area contributed by atoms with Crippen LogP contribution in [0.25, 0.3) is 0 Å². The Kier molecular flexibility index (Phi) is 5.34. The molecular weight excluding hydrogens is 340 g/mol. The second kappa shape index (κ2) is 7.33. The highest BCUT2D eigenvalue weighted by molar-refractivity contribution is 7.91. The smallest absolute Gasteiger partial charge is 0.260 e. The third-order valence-corrected chi connectivity index (χ3v) is 6.89. The largest absolute Gasteiger partial charge is 0.483 e. The predicted molar refractivity (Wildman–Crippen MR) is 96.6 cm³/mol. The minimum absolute atomic E-state index is 0.0126. The van der Waals surface area contributed by atoms with Crippen molar-refractivity contribution in [3.8, 4) is 5.75 Å². The molecule has 2 heterocycles. The van der Waals surface area contributed by atoms with Crippen LogP contribution in [0.4, 0.5) is 0 Å². The Morgan fingerprint density at radius 3 is 2.36 bits per heavy atom. The number of aryl methyl sites for hydroxylation is 2. The predicted octanol–water partition coefficient (Wildman–Crippen LogP) is 1.01. The molecule has 1 aromatic carbocycles. The number of benzene rings is 1. The number of hydrogen-bond acceptors (Lipinski definition) is 5. The van der Waals surface area contributed by atoms with Gasteiger partial charge >= 0.3 is 0 Å². The van der Waals surface area contributed by atoms with Crippen LogP contribution in [0.1, 0.15) is 17.5 Å². The average Bonchev–Trinajstić information content (AvgIpc) is 2.94. The van der Waals surface area contributed by atoms with Gasteiger partial charge < -0.3 is 9.64 Å². The van der Waals surface area contributed by atoms with Crippen LogP contribution >= 0.6 is 0 Å². The van der Waals surface area contributed by atoms with Crippen LogP contribution in [-0.2, 0) is 14.6 Å².